The van der Waals surface area contributed by atoms with E-state index < -0.39 is 0 Å². The first-order valence-corrected chi connectivity index (χ1v) is 10.7. The number of aliphatic imine (C=N–C) groups is 1. The van der Waals surface area contributed by atoms with Gasteiger partial charge in [0.05, 0.1) is 12.7 Å². The molecule has 0 radical (unpaired) electrons. The van der Waals surface area contributed by atoms with Gasteiger partial charge in [-0.2, -0.15) is 0 Å². The molecule has 0 aliphatic carbocycles. The Labute approximate surface area is 191 Å². The SMILES string of the molecule is COc1ccc2c(c1)Oc1ccccc1N=C2N1CCN(C(=O)Nc2cccc(F)c2)CC1. The van der Waals surface area contributed by atoms with Crippen molar-refractivity contribution in [3.8, 4) is 17.2 Å². The highest BCUT2D eigenvalue weighted by Crippen LogP contribution is 2.39. The van der Waals surface area contributed by atoms with Crippen LogP contribution in [-0.4, -0.2) is 55.0 Å². The highest BCUT2D eigenvalue weighted by molar-refractivity contribution is 6.04. The van der Waals surface area contributed by atoms with Crippen molar-refractivity contribution in [3.05, 3.63) is 78.1 Å². The number of anilines is 1. The van der Waals surface area contributed by atoms with Crippen LogP contribution in [0, 0.1) is 5.82 Å². The number of nitrogens with zero attached hydrogens (tertiary/aromatic N) is 3. The number of benzene rings is 3. The summed E-state index contributed by atoms with van der Waals surface area (Å²) in [5.74, 6) is 2.45. The van der Waals surface area contributed by atoms with Crippen molar-refractivity contribution in [2.24, 2.45) is 4.99 Å². The number of fused-ring (bicyclic) bond motifs is 2. The number of ether oxygens (including phenoxy) is 2. The maximum absolute atomic E-state index is 13.4. The molecule has 0 bridgehead atoms. The molecule has 0 saturated carbocycles. The monoisotopic (exact) mass is 446 g/mol. The normalized spacial score (nSPS) is 14.9. The zero-order valence-corrected chi connectivity index (χ0v) is 18.1. The van der Waals surface area contributed by atoms with Gasteiger partial charge in [-0.25, -0.2) is 14.2 Å². The Balaban J connectivity index is 1.36. The van der Waals surface area contributed by atoms with Crippen LogP contribution in [0.2, 0.25) is 0 Å². The zero-order chi connectivity index (χ0) is 22.8. The van der Waals surface area contributed by atoms with Gasteiger partial charge in [0.25, 0.3) is 0 Å². The lowest BCUT2D eigenvalue weighted by Crippen LogP contribution is -2.51. The second-order valence-corrected chi connectivity index (χ2v) is 7.78. The van der Waals surface area contributed by atoms with Crippen molar-refractivity contribution in [1.82, 2.24) is 9.80 Å². The van der Waals surface area contributed by atoms with Crippen LogP contribution in [0.1, 0.15) is 5.56 Å². The summed E-state index contributed by atoms with van der Waals surface area (Å²) >= 11 is 0. The second-order valence-electron chi connectivity index (χ2n) is 7.78. The van der Waals surface area contributed by atoms with Crippen LogP contribution in [0.4, 0.5) is 20.6 Å². The fourth-order valence-electron chi connectivity index (χ4n) is 3.96. The average molecular weight is 446 g/mol. The predicted molar refractivity (Wildman–Crippen MR) is 124 cm³/mol. The molecule has 1 fully saturated rings. The van der Waals surface area contributed by atoms with Gasteiger partial charge < -0.3 is 24.6 Å². The van der Waals surface area contributed by atoms with E-state index in [-0.39, 0.29) is 11.8 Å². The highest BCUT2D eigenvalue weighted by atomic mass is 19.1. The molecular formula is C25H23FN4O3. The van der Waals surface area contributed by atoms with Gasteiger partial charge in [0.15, 0.2) is 5.75 Å². The molecule has 0 spiro atoms. The van der Waals surface area contributed by atoms with Crippen molar-refractivity contribution in [2.45, 2.75) is 0 Å². The minimum atomic E-state index is -0.387. The van der Waals surface area contributed by atoms with E-state index in [0.29, 0.717) is 49.1 Å². The van der Waals surface area contributed by atoms with E-state index >= 15 is 0 Å². The van der Waals surface area contributed by atoms with Crippen molar-refractivity contribution < 1.29 is 18.7 Å². The largest absolute Gasteiger partial charge is 0.497 e. The predicted octanol–water partition coefficient (Wildman–Crippen LogP) is 4.87. The third kappa shape index (κ3) is 4.32. The Morgan fingerprint density at radius 1 is 1.00 bits per heavy atom. The Bertz CT molecular complexity index is 1220. The summed E-state index contributed by atoms with van der Waals surface area (Å²) in [5, 5.41) is 2.76. The van der Waals surface area contributed by atoms with E-state index in [1.807, 2.05) is 42.5 Å². The lowest BCUT2D eigenvalue weighted by molar-refractivity contribution is 0.181. The molecule has 168 valence electrons. The Hall–Kier alpha value is -4.07. The number of hydrogen-bond donors (Lipinski definition) is 1. The fraction of sp³-hybridized carbons (Fsp3) is 0.200. The molecule has 8 heteroatoms. The molecular weight excluding hydrogens is 423 g/mol. The maximum atomic E-state index is 13.4. The lowest BCUT2D eigenvalue weighted by atomic mass is 10.1. The van der Waals surface area contributed by atoms with Gasteiger partial charge in [-0.05, 0) is 42.5 Å². The summed E-state index contributed by atoms with van der Waals surface area (Å²) < 4.78 is 25.0. The second kappa shape index (κ2) is 8.82. The van der Waals surface area contributed by atoms with Gasteiger partial charge in [0, 0.05) is 37.9 Å². The smallest absolute Gasteiger partial charge is 0.321 e. The van der Waals surface area contributed by atoms with E-state index in [0.717, 1.165) is 17.1 Å². The summed E-state index contributed by atoms with van der Waals surface area (Å²) in [6.07, 6.45) is 0. The highest BCUT2D eigenvalue weighted by Gasteiger charge is 2.28. The molecule has 0 unspecified atom stereocenters. The summed E-state index contributed by atoms with van der Waals surface area (Å²) in [7, 11) is 1.62. The van der Waals surface area contributed by atoms with Crippen molar-refractivity contribution in [2.75, 3.05) is 38.6 Å². The number of amidine groups is 1. The van der Waals surface area contributed by atoms with Crippen LogP contribution in [0.25, 0.3) is 0 Å². The number of hydrogen-bond acceptors (Lipinski definition) is 5. The molecule has 0 atom stereocenters. The van der Waals surface area contributed by atoms with Gasteiger partial charge >= 0.3 is 6.03 Å². The van der Waals surface area contributed by atoms with Crippen LogP contribution >= 0.6 is 0 Å². The lowest BCUT2D eigenvalue weighted by Gasteiger charge is -2.36. The summed E-state index contributed by atoms with van der Waals surface area (Å²) in [6.45, 7) is 2.22. The Morgan fingerprint density at radius 3 is 2.61 bits per heavy atom. The molecule has 1 N–H and O–H groups in total. The van der Waals surface area contributed by atoms with Crippen LogP contribution in [0.5, 0.6) is 17.2 Å². The first-order chi connectivity index (χ1) is 16.1. The summed E-state index contributed by atoms with van der Waals surface area (Å²) in [6, 6.07) is 19.0. The first-order valence-electron chi connectivity index (χ1n) is 10.7. The molecule has 5 rings (SSSR count). The summed E-state index contributed by atoms with van der Waals surface area (Å²) in [5.41, 5.74) is 2.05. The van der Waals surface area contributed by atoms with Gasteiger partial charge in [-0.3, -0.25) is 0 Å². The number of carbonyl (C=O) groups is 1. The standard InChI is InChI=1S/C25H23FN4O3/c1-32-19-9-10-20-23(16-19)33-22-8-3-2-7-21(22)28-24(20)29-11-13-30(14-12-29)25(31)27-18-6-4-5-17(26)15-18/h2-10,15-16H,11-14H2,1H3,(H,27,31). The number of nitrogens with one attached hydrogen (secondary N) is 1. The summed E-state index contributed by atoms with van der Waals surface area (Å²) in [4.78, 5) is 21.5. The molecule has 7 nitrogen and oxygen atoms in total. The first kappa shape index (κ1) is 20.8. The van der Waals surface area contributed by atoms with E-state index in [9.17, 15) is 9.18 Å². The van der Waals surface area contributed by atoms with Gasteiger partial charge in [0.2, 0.25) is 0 Å². The van der Waals surface area contributed by atoms with Crippen LogP contribution in [0.3, 0.4) is 0 Å². The number of carbonyl (C=O) groups excluding carboxylic acids is 1. The number of amides is 2. The van der Waals surface area contributed by atoms with E-state index in [4.69, 9.17) is 14.5 Å². The number of rotatable bonds is 2. The topological polar surface area (TPSA) is 66.4 Å². The van der Waals surface area contributed by atoms with Gasteiger partial charge in [-0.15, -0.1) is 0 Å². The van der Waals surface area contributed by atoms with Crippen molar-refractivity contribution in [3.63, 3.8) is 0 Å². The number of halogens is 1. The minimum absolute atomic E-state index is 0.248. The Kier molecular flexibility index (Phi) is 5.56. The maximum Gasteiger partial charge on any atom is 0.321 e. The van der Waals surface area contributed by atoms with Crippen LogP contribution in [0.15, 0.2) is 71.7 Å². The Morgan fingerprint density at radius 2 is 1.82 bits per heavy atom. The van der Waals surface area contributed by atoms with E-state index in [1.165, 1.54) is 12.1 Å². The zero-order valence-electron chi connectivity index (χ0n) is 18.1. The average Bonchev–Trinajstić information content (AvgIpc) is 3.00. The molecule has 33 heavy (non-hydrogen) atoms. The molecule has 2 aliphatic rings. The van der Waals surface area contributed by atoms with Gasteiger partial charge in [0.1, 0.15) is 28.8 Å². The number of urea groups is 1. The molecule has 3 aromatic carbocycles. The molecule has 3 aromatic rings. The number of para-hydroxylation sites is 2. The van der Waals surface area contributed by atoms with Crippen molar-refractivity contribution in [1.29, 1.82) is 0 Å². The van der Waals surface area contributed by atoms with Gasteiger partial charge in [-0.1, -0.05) is 18.2 Å². The quantitative estimate of drug-likeness (QED) is 0.610. The third-order valence-electron chi connectivity index (χ3n) is 5.68. The minimum Gasteiger partial charge on any atom is -0.497 e. The number of piperazine rings is 1. The molecule has 0 aromatic heterocycles. The molecule has 1 saturated heterocycles. The van der Waals surface area contributed by atoms with Crippen LogP contribution < -0.4 is 14.8 Å². The molecule has 2 aliphatic heterocycles. The fourth-order valence-corrected chi connectivity index (χ4v) is 3.96. The third-order valence-corrected chi connectivity index (χ3v) is 5.68. The van der Waals surface area contributed by atoms with E-state index in [2.05, 4.69) is 10.2 Å². The van der Waals surface area contributed by atoms with Crippen LogP contribution in [-0.2, 0) is 0 Å². The molecule has 2 amide bonds. The molecule has 2 heterocycles. The number of methoxy groups -OCH3 is 1. The van der Waals surface area contributed by atoms with E-state index in [1.54, 1.807) is 24.1 Å². The van der Waals surface area contributed by atoms with Crippen molar-refractivity contribution >= 4 is 23.2 Å².